The molecule has 0 heterocycles. The van der Waals surface area contributed by atoms with Gasteiger partial charge in [0.2, 0.25) is 0 Å². The van der Waals surface area contributed by atoms with Gasteiger partial charge in [0.05, 0.1) is 19.1 Å². The van der Waals surface area contributed by atoms with Gasteiger partial charge in [-0.3, -0.25) is 4.79 Å². The van der Waals surface area contributed by atoms with E-state index in [0.717, 1.165) is 6.54 Å². The minimum Gasteiger partial charge on any atom is -0.481 e. The standard InChI is InChI=1S/C9H19NO3/c1-7(2)10-4-5-13-6-8(3)9(11)12/h7-8,10H,4-6H2,1-3H3,(H,11,12). The lowest BCUT2D eigenvalue weighted by Gasteiger charge is -2.10. The molecule has 0 spiro atoms. The molecule has 1 unspecified atom stereocenters. The van der Waals surface area contributed by atoms with Gasteiger partial charge < -0.3 is 15.2 Å². The van der Waals surface area contributed by atoms with Gasteiger partial charge >= 0.3 is 5.97 Å². The molecule has 0 aliphatic heterocycles. The second-order valence-corrected chi connectivity index (χ2v) is 3.42. The topological polar surface area (TPSA) is 58.6 Å². The number of nitrogens with one attached hydrogen (secondary N) is 1. The highest BCUT2D eigenvalue weighted by molar-refractivity contribution is 5.69. The van der Waals surface area contributed by atoms with E-state index in [9.17, 15) is 4.79 Å². The Balaban J connectivity index is 3.21. The lowest BCUT2D eigenvalue weighted by molar-refractivity contribution is -0.143. The van der Waals surface area contributed by atoms with Gasteiger partial charge in [0.1, 0.15) is 0 Å². The van der Waals surface area contributed by atoms with Crippen LogP contribution in [0.2, 0.25) is 0 Å². The number of hydrogen-bond acceptors (Lipinski definition) is 3. The molecule has 4 heteroatoms. The molecule has 0 saturated heterocycles. The Morgan fingerprint density at radius 3 is 2.54 bits per heavy atom. The van der Waals surface area contributed by atoms with Gasteiger partial charge in [-0.25, -0.2) is 0 Å². The number of carboxylic acids is 1. The Morgan fingerprint density at radius 2 is 2.08 bits per heavy atom. The maximum Gasteiger partial charge on any atom is 0.308 e. The molecule has 0 rings (SSSR count). The zero-order valence-corrected chi connectivity index (χ0v) is 8.54. The van der Waals surface area contributed by atoms with Crippen molar-refractivity contribution in [2.45, 2.75) is 26.8 Å². The van der Waals surface area contributed by atoms with Crippen LogP contribution in [0.25, 0.3) is 0 Å². The van der Waals surface area contributed by atoms with Gasteiger partial charge in [-0.15, -0.1) is 0 Å². The molecular formula is C9H19NO3. The summed E-state index contributed by atoms with van der Waals surface area (Å²) in [5.41, 5.74) is 0. The lowest BCUT2D eigenvalue weighted by atomic mass is 10.2. The zero-order chi connectivity index (χ0) is 10.3. The van der Waals surface area contributed by atoms with Crippen molar-refractivity contribution in [2.75, 3.05) is 19.8 Å². The Bertz CT molecular complexity index is 148. The van der Waals surface area contributed by atoms with E-state index >= 15 is 0 Å². The molecule has 0 amide bonds. The summed E-state index contributed by atoms with van der Waals surface area (Å²) in [4.78, 5) is 10.4. The van der Waals surface area contributed by atoms with Gasteiger partial charge in [0.25, 0.3) is 0 Å². The van der Waals surface area contributed by atoms with Crippen LogP contribution in [0.1, 0.15) is 20.8 Å². The summed E-state index contributed by atoms with van der Waals surface area (Å²) < 4.78 is 5.16. The van der Waals surface area contributed by atoms with Crippen LogP contribution in [0.3, 0.4) is 0 Å². The van der Waals surface area contributed by atoms with Gasteiger partial charge in [-0.05, 0) is 6.92 Å². The molecule has 2 N–H and O–H groups in total. The molecule has 0 aromatic rings. The van der Waals surface area contributed by atoms with E-state index in [1.807, 2.05) is 0 Å². The minimum absolute atomic E-state index is 0.287. The predicted molar refractivity (Wildman–Crippen MR) is 50.8 cm³/mol. The molecule has 0 bridgehead atoms. The first-order valence-corrected chi connectivity index (χ1v) is 4.58. The molecule has 1 atom stereocenters. The van der Waals surface area contributed by atoms with Crippen LogP contribution in [0.5, 0.6) is 0 Å². The Kier molecular flexibility index (Phi) is 6.54. The van der Waals surface area contributed by atoms with E-state index < -0.39 is 11.9 Å². The predicted octanol–water partition coefficient (Wildman–Crippen LogP) is 0.722. The third kappa shape index (κ3) is 7.74. The average Bonchev–Trinajstić information content (AvgIpc) is 2.02. The Hall–Kier alpha value is -0.610. The number of carbonyl (C=O) groups is 1. The number of aliphatic carboxylic acids is 1. The van der Waals surface area contributed by atoms with Crippen LogP contribution < -0.4 is 5.32 Å². The van der Waals surface area contributed by atoms with E-state index in [1.54, 1.807) is 6.92 Å². The van der Waals surface area contributed by atoms with Crippen LogP contribution in [0.15, 0.2) is 0 Å². The quantitative estimate of drug-likeness (QED) is 0.579. The monoisotopic (exact) mass is 189 g/mol. The highest BCUT2D eigenvalue weighted by Crippen LogP contribution is 1.94. The SMILES string of the molecule is CC(C)NCCOCC(C)C(=O)O. The highest BCUT2D eigenvalue weighted by Gasteiger charge is 2.09. The first kappa shape index (κ1) is 12.4. The zero-order valence-electron chi connectivity index (χ0n) is 8.54. The van der Waals surface area contributed by atoms with Gasteiger partial charge in [0, 0.05) is 12.6 Å². The minimum atomic E-state index is -0.809. The normalized spacial score (nSPS) is 13.2. The van der Waals surface area contributed by atoms with E-state index in [0.29, 0.717) is 12.6 Å². The highest BCUT2D eigenvalue weighted by atomic mass is 16.5. The van der Waals surface area contributed by atoms with Crippen LogP contribution in [-0.2, 0) is 9.53 Å². The van der Waals surface area contributed by atoms with Crippen molar-refractivity contribution >= 4 is 5.97 Å². The van der Waals surface area contributed by atoms with Crippen LogP contribution in [-0.4, -0.2) is 36.9 Å². The molecule has 0 aliphatic rings. The smallest absolute Gasteiger partial charge is 0.308 e. The van der Waals surface area contributed by atoms with E-state index in [4.69, 9.17) is 9.84 Å². The van der Waals surface area contributed by atoms with Crippen LogP contribution >= 0.6 is 0 Å². The first-order valence-electron chi connectivity index (χ1n) is 4.58. The summed E-state index contributed by atoms with van der Waals surface area (Å²) >= 11 is 0. The summed E-state index contributed by atoms with van der Waals surface area (Å²) in [6.45, 7) is 7.37. The second-order valence-electron chi connectivity index (χ2n) is 3.42. The van der Waals surface area contributed by atoms with Crippen molar-refractivity contribution < 1.29 is 14.6 Å². The van der Waals surface area contributed by atoms with E-state index in [-0.39, 0.29) is 6.61 Å². The maximum atomic E-state index is 10.4. The Morgan fingerprint density at radius 1 is 1.46 bits per heavy atom. The van der Waals surface area contributed by atoms with Crippen molar-refractivity contribution in [2.24, 2.45) is 5.92 Å². The van der Waals surface area contributed by atoms with Gasteiger partial charge in [-0.1, -0.05) is 13.8 Å². The molecule has 0 radical (unpaired) electrons. The second kappa shape index (κ2) is 6.86. The largest absolute Gasteiger partial charge is 0.481 e. The first-order chi connectivity index (χ1) is 6.04. The number of hydrogen-bond donors (Lipinski definition) is 2. The summed E-state index contributed by atoms with van der Waals surface area (Å²) in [5, 5.41) is 11.7. The lowest BCUT2D eigenvalue weighted by Crippen LogP contribution is -2.27. The number of ether oxygens (including phenoxy) is 1. The van der Waals surface area contributed by atoms with E-state index in [2.05, 4.69) is 19.2 Å². The fraction of sp³-hybridized carbons (Fsp3) is 0.889. The van der Waals surface area contributed by atoms with Crippen molar-refractivity contribution in [1.82, 2.24) is 5.32 Å². The number of rotatable bonds is 7. The molecule has 0 fully saturated rings. The molecular weight excluding hydrogens is 170 g/mol. The van der Waals surface area contributed by atoms with Gasteiger partial charge in [-0.2, -0.15) is 0 Å². The van der Waals surface area contributed by atoms with Crippen molar-refractivity contribution in [3.05, 3.63) is 0 Å². The third-order valence-electron chi connectivity index (χ3n) is 1.59. The molecule has 13 heavy (non-hydrogen) atoms. The van der Waals surface area contributed by atoms with Crippen molar-refractivity contribution in [1.29, 1.82) is 0 Å². The van der Waals surface area contributed by atoms with Crippen LogP contribution in [0.4, 0.5) is 0 Å². The van der Waals surface area contributed by atoms with Crippen LogP contribution in [0, 0.1) is 5.92 Å². The molecule has 0 aliphatic carbocycles. The molecule has 78 valence electrons. The molecule has 0 aromatic carbocycles. The fourth-order valence-corrected chi connectivity index (χ4v) is 0.751. The summed E-state index contributed by atoms with van der Waals surface area (Å²) in [6, 6.07) is 0.445. The number of carboxylic acid groups (broad SMARTS) is 1. The maximum absolute atomic E-state index is 10.4. The summed E-state index contributed by atoms with van der Waals surface area (Å²) in [7, 11) is 0. The Labute approximate surface area is 79.3 Å². The van der Waals surface area contributed by atoms with Crippen molar-refractivity contribution in [3.63, 3.8) is 0 Å². The fourth-order valence-electron chi connectivity index (χ4n) is 0.751. The molecule has 0 saturated carbocycles. The molecule has 4 nitrogen and oxygen atoms in total. The third-order valence-corrected chi connectivity index (χ3v) is 1.59. The molecule has 0 aromatic heterocycles. The van der Waals surface area contributed by atoms with Crippen molar-refractivity contribution in [3.8, 4) is 0 Å². The van der Waals surface area contributed by atoms with E-state index in [1.165, 1.54) is 0 Å². The summed E-state index contributed by atoms with van der Waals surface area (Å²) in [6.07, 6.45) is 0. The summed E-state index contributed by atoms with van der Waals surface area (Å²) in [5.74, 6) is -1.23. The van der Waals surface area contributed by atoms with Gasteiger partial charge in [0.15, 0.2) is 0 Å². The average molecular weight is 189 g/mol.